The Hall–Kier alpha value is -1.91. The Kier molecular flexibility index (Phi) is 1.73. The molecule has 0 spiro atoms. The van der Waals surface area contributed by atoms with E-state index in [0.717, 1.165) is 0 Å². The summed E-state index contributed by atoms with van der Waals surface area (Å²) >= 11 is 0. The molecule has 0 unspecified atom stereocenters. The zero-order valence-electron chi connectivity index (χ0n) is 7.36. The maximum Gasteiger partial charge on any atom is 0.354 e. The van der Waals surface area contributed by atoms with Crippen LogP contribution in [0.1, 0.15) is 16.2 Å². The maximum atomic E-state index is 12.8. The van der Waals surface area contributed by atoms with Gasteiger partial charge in [-0.1, -0.05) is 0 Å². The van der Waals surface area contributed by atoms with Gasteiger partial charge in [0, 0.05) is 12.3 Å². The first-order valence-electron chi connectivity index (χ1n) is 3.97. The molecule has 2 rings (SSSR count). The Morgan fingerprint density at radius 2 is 2.36 bits per heavy atom. The topological polar surface area (TPSA) is 54.6 Å². The molecule has 0 bridgehead atoms. The van der Waals surface area contributed by atoms with Crippen LogP contribution >= 0.6 is 0 Å². The van der Waals surface area contributed by atoms with Gasteiger partial charge in [0.25, 0.3) is 0 Å². The Morgan fingerprint density at radius 1 is 1.64 bits per heavy atom. The van der Waals surface area contributed by atoms with E-state index in [1.54, 1.807) is 6.92 Å². The smallest absolute Gasteiger partial charge is 0.354 e. The van der Waals surface area contributed by atoms with Gasteiger partial charge in [-0.3, -0.25) is 4.40 Å². The van der Waals surface area contributed by atoms with Gasteiger partial charge < -0.3 is 5.11 Å². The molecule has 2 aromatic rings. The minimum atomic E-state index is -1.07. The third kappa shape index (κ3) is 1.14. The van der Waals surface area contributed by atoms with E-state index in [2.05, 4.69) is 4.98 Å². The molecule has 0 saturated heterocycles. The molecule has 0 aromatic carbocycles. The molecule has 72 valence electrons. The van der Waals surface area contributed by atoms with Crippen molar-refractivity contribution in [3.8, 4) is 0 Å². The third-order valence-electron chi connectivity index (χ3n) is 1.97. The molecule has 2 aromatic heterocycles. The number of aromatic carboxylic acids is 1. The van der Waals surface area contributed by atoms with Crippen LogP contribution in [-0.2, 0) is 0 Å². The van der Waals surface area contributed by atoms with Crippen LogP contribution in [0, 0.1) is 12.7 Å². The molecule has 1 N–H and O–H groups in total. The molecule has 5 heteroatoms. The average molecular weight is 194 g/mol. The highest BCUT2D eigenvalue weighted by molar-refractivity contribution is 5.88. The van der Waals surface area contributed by atoms with Gasteiger partial charge in [0.1, 0.15) is 11.5 Å². The van der Waals surface area contributed by atoms with Gasteiger partial charge in [0.15, 0.2) is 5.69 Å². The van der Waals surface area contributed by atoms with E-state index in [1.807, 2.05) is 0 Å². The molecule has 0 fully saturated rings. The van der Waals surface area contributed by atoms with Crippen molar-refractivity contribution in [1.29, 1.82) is 0 Å². The number of nitrogens with zero attached hydrogens (tertiary/aromatic N) is 2. The normalized spacial score (nSPS) is 10.7. The van der Waals surface area contributed by atoms with Crippen LogP contribution in [-0.4, -0.2) is 20.5 Å². The maximum absolute atomic E-state index is 12.8. The highest BCUT2D eigenvalue weighted by Crippen LogP contribution is 2.12. The summed E-state index contributed by atoms with van der Waals surface area (Å²) in [7, 11) is 0. The lowest BCUT2D eigenvalue weighted by Gasteiger charge is -1.96. The number of hydrogen-bond acceptors (Lipinski definition) is 2. The fourth-order valence-electron chi connectivity index (χ4n) is 1.40. The first-order chi connectivity index (χ1) is 6.59. The number of carboxylic acids is 1. The zero-order chi connectivity index (χ0) is 10.3. The molecule has 0 atom stereocenters. The highest BCUT2D eigenvalue weighted by Gasteiger charge is 2.15. The van der Waals surface area contributed by atoms with E-state index in [9.17, 15) is 9.18 Å². The summed E-state index contributed by atoms with van der Waals surface area (Å²) < 4.78 is 14.1. The Bertz CT molecular complexity index is 519. The van der Waals surface area contributed by atoms with E-state index in [4.69, 9.17) is 5.11 Å². The Balaban J connectivity index is 2.84. The van der Waals surface area contributed by atoms with Gasteiger partial charge in [-0.25, -0.2) is 14.2 Å². The van der Waals surface area contributed by atoms with Gasteiger partial charge in [-0.15, -0.1) is 0 Å². The summed E-state index contributed by atoms with van der Waals surface area (Å²) in [5, 5.41) is 8.87. The minimum Gasteiger partial charge on any atom is -0.477 e. The molecular weight excluding hydrogens is 187 g/mol. The number of rotatable bonds is 1. The van der Waals surface area contributed by atoms with Crippen LogP contribution in [0.4, 0.5) is 4.39 Å². The molecule has 0 saturated carbocycles. The average Bonchev–Trinajstić information content (AvgIpc) is 2.39. The van der Waals surface area contributed by atoms with E-state index in [1.165, 1.54) is 22.7 Å². The molecule has 14 heavy (non-hydrogen) atoms. The highest BCUT2D eigenvalue weighted by atomic mass is 19.1. The number of aromatic nitrogens is 2. The molecule has 4 nitrogen and oxygen atoms in total. The van der Waals surface area contributed by atoms with E-state index in [0.29, 0.717) is 11.3 Å². The first kappa shape index (κ1) is 8.68. The lowest BCUT2D eigenvalue weighted by molar-refractivity contribution is 0.0688. The van der Waals surface area contributed by atoms with Crippen molar-refractivity contribution < 1.29 is 14.3 Å². The van der Waals surface area contributed by atoms with Crippen molar-refractivity contribution in [2.75, 3.05) is 0 Å². The fourth-order valence-corrected chi connectivity index (χ4v) is 1.40. The molecule has 0 aliphatic carbocycles. The second kappa shape index (κ2) is 2.80. The van der Waals surface area contributed by atoms with Crippen molar-refractivity contribution in [1.82, 2.24) is 9.38 Å². The summed E-state index contributed by atoms with van der Waals surface area (Å²) in [6.45, 7) is 1.58. The standard InChI is InChI=1S/C9H7FN2O2/c1-5-8(9(13)14)12-3-2-6(10)4-7(12)11-5/h2-4H,1H3,(H,13,14). The largest absolute Gasteiger partial charge is 0.477 e. The van der Waals surface area contributed by atoms with E-state index < -0.39 is 11.8 Å². The van der Waals surface area contributed by atoms with Gasteiger partial charge in [-0.05, 0) is 13.0 Å². The summed E-state index contributed by atoms with van der Waals surface area (Å²) in [5.41, 5.74) is 0.753. The minimum absolute atomic E-state index is 0.0694. The molecule has 0 aliphatic rings. The zero-order valence-corrected chi connectivity index (χ0v) is 7.36. The SMILES string of the molecule is Cc1nc2cc(F)ccn2c1C(=O)O. The van der Waals surface area contributed by atoms with Crippen LogP contribution in [0.3, 0.4) is 0 Å². The van der Waals surface area contributed by atoms with Crippen molar-refractivity contribution in [2.24, 2.45) is 0 Å². The third-order valence-corrected chi connectivity index (χ3v) is 1.97. The van der Waals surface area contributed by atoms with E-state index >= 15 is 0 Å². The van der Waals surface area contributed by atoms with Crippen molar-refractivity contribution in [3.63, 3.8) is 0 Å². The van der Waals surface area contributed by atoms with Crippen molar-refractivity contribution in [2.45, 2.75) is 6.92 Å². The fraction of sp³-hybridized carbons (Fsp3) is 0.111. The van der Waals surface area contributed by atoms with Crippen molar-refractivity contribution >= 4 is 11.6 Å². The lowest BCUT2D eigenvalue weighted by Crippen LogP contribution is -2.03. The summed E-state index contributed by atoms with van der Waals surface area (Å²) in [6, 6.07) is 2.39. The number of fused-ring (bicyclic) bond motifs is 1. The number of pyridine rings is 1. The van der Waals surface area contributed by atoms with Gasteiger partial charge in [0.05, 0.1) is 5.69 Å². The monoisotopic (exact) mass is 194 g/mol. The summed E-state index contributed by atoms with van der Waals surface area (Å²) in [4.78, 5) is 14.8. The summed E-state index contributed by atoms with van der Waals surface area (Å²) in [5.74, 6) is -1.50. The second-order valence-corrected chi connectivity index (χ2v) is 2.92. The number of aryl methyl sites for hydroxylation is 1. The first-order valence-corrected chi connectivity index (χ1v) is 3.97. The van der Waals surface area contributed by atoms with Crippen LogP contribution in [0.25, 0.3) is 5.65 Å². The Morgan fingerprint density at radius 3 is 3.00 bits per heavy atom. The number of hydrogen-bond donors (Lipinski definition) is 1. The van der Waals surface area contributed by atoms with Gasteiger partial charge >= 0.3 is 5.97 Å². The quantitative estimate of drug-likeness (QED) is 0.748. The summed E-state index contributed by atoms with van der Waals surface area (Å²) in [6.07, 6.45) is 1.36. The number of carboxylic acid groups (broad SMARTS) is 1. The molecule has 0 amide bonds. The molecule has 0 radical (unpaired) electrons. The van der Waals surface area contributed by atoms with Gasteiger partial charge in [0.2, 0.25) is 0 Å². The van der Waals surface area contributed by atoms with Gasteiger partial charge in [-0.2, -0.15) is 0 Å². The van der Waals surface area contributed by atoms with Crippen LogP contribution in [0.2, 0.25) is 0 Å². The lowest BCUT2D eigenvalue weighted by atomic mass is 10.3. The van der Waals surface area contributed by atoms with Crippen LogP contribution < -0.4 is 0 Å². The van der Waals surface area contributed by atoms with Crippen molar-refractivity contribution in [3.05, 3.63) is 35.5 Å². The predicted octanol–water partition coefficient (Wildman–Crippen LogP) is 1.48. The van der Waals surface area contributed by atoms with Crippen LogP contribution in [0.5, 0.6) is 0 Å². The molecular formula is C9H7FN2O2. The Labute approximate surface area is 78.6 Å². The number of imidazole rings is 1. The van der Waals surface area contributed by atoms with E-state index in [-0.39, 0.29) is 5.69 Å². The van der Waals surface area contributed by atoms with Crippen LogP contribution in [0.15, 0.2) is 18.3 Å². The second-order valence-electron chi connectivity index (χ2n) is 2.92. The predicted molar refractivity (Wildman–Crippen MR) is 46.8 cm³/mol. The molecule has 2 heterocycles. The number of halogens is 1. The molecule has 0 aliphatic heterocycles. The number of carbonyl (C=O) groups is 1.